The number of benzene rings is 1. The lowest BCUT2D eigenvalue weighted by atomic mass is 9.87. The van der Waals surface area contributed by atoms with Gasteiger partial charge in [0.25, 0.3) is 5.56 Å². The Bertz CT molecular complexity index is 1200. The summed E-state index contributed by atoms with van der Waals surface area (Å²) in [5.74, 6) is 0.886. The van der Waals surface area contributed by atoms with E-state index in [0.29, 0.717) is 24.6 Å². The van der Waals surface area contributed by atoms with Crippen LogP contribution in [0.1, 0.15) is 83.2 Å². The first-order chi connectivity index (χ1) is 16.2. The van der Waals surface area contributed by atoms with Crippen molar-refractivity contribution in [2.75, 3.05) is 13.1 Å². The van der Waals surface area contributed by atoms with E-state index in [1.807, 2.05) is 4.90 Å². The predicted molar refractivity (Wildman–Crippen MR) is 133 cm³/mol. The monoisotopic (exact) mass is 464 g/mol. The van der Waals surface area contributed by atoms with Crippen LogP contribution in [0.5, 0.6) is 0 Å². The second-order valence-corrected chi connectivity index (χ2v) is 10.5. The number of rotatable bonds is 6. The lowest BCUT2D eigenvalue weighted by Crippen LogP contribution is -2.42. The SMILES string of the molecule is CCC(CC)C(=O)N1CCC[C@H](c2nc3c(nnn3Cc3ccc(C(C)(C)C)cc3)c(=O)[nH]2)C1. The molecule has 1 aromatic carbocycles. The molecule has 8 nitrogen and oxygen atoms in total. The second kappa shape index (κ2) is 9.68. The van der Waals surface area contributed by atoms with Gasteiger partial charge in [0.2, 0.25) is 5.91 Å². The number of hydrogen-bond donors (Lipinski definition) is 1. The highest BCUT2D eigenvalue weighted by atomic mass is 16.2. The van der Waals surface area contributed by atoms with Crippen molar-refractivity contribution in [3.8, 4) is 0 Å². The third kappa shape index (κ3) is 4.91. The predicted octanol–water partition coefficient (Wildman–Crippen LogP) is 4.00. The molecule has 1 aliphatic rings. The quantitative estimate of drug-likeness (QED) is 0.595. The van der Waals surface area contributed by atoms with E-state index in [1.54, 1.807) is 4.68 Å². The molecule has 0 aliphatic carbocycles. The standard InChI is InChI=1S/C26H36N6O2/c1-6-18(7-2)25(34)31-14-8-9-19(16-31)22-27-23-21(24(33)28-22)29-30-32(23)15-17-10-12-20(13-11-17)26(3,4)5/h10-13,18-19H,6-9,14-16H2,1-5H3,(H,27,28,33)/t19-/m0/s1. The summed E-state index contributed by atoms with van der Waals surface area (Å²) in [5.41, 5.74) is 2.88. The molecule has 0 radical (unpaired) electrons. The van der Waals surface area contributed by atoms with E-state index in [2.05, 4.69) is 74.2 Å². The topological polar surface area (TPSA) is 96.8 Å². The molecule has 1 fully saturated rings. The molecule has 0 spiro atoms. The number of piperidine rings is 1. The van der Waals surface area contributed by atoms with Gasteiger partial charge in [-0.15, -0.1) is 5.10 Å². The minimum Gasteiger partial charge on any atom is -0.342 e. The van der Waals surface area contributed by atoms with Gasteiger partial charge in [0.15, 0.2) is 11.2 Å². The number of aromatic amines is 1. The molecule has 4 rings (SSSR count). The van der Waals surface area contributed by atoms with Crippen molar-refractivity contribution in [1.29, 1.82) is 0 Å². The fourth-order valence-corrected chi connectivity index (χ4v) is 4.76. The Hall–Kier alpha value is -3.03. The molecule has 8 heteroatoms. The molecule has 1 amide bonds. The third-order valence-electron chi connectivity index (χ3n) is 7.00. The molecule has 0 saturated carbocycles. The Kier molecular flexibility index (Phi) is 6.86. The van der Waals surface area contributed by atoms with Gasteiger partial charge in [0.05, 0.1) is 6.54 Å². The van der Waals surface area contributed by atoms with Gasteiger partial charge < -0.3 is 9.88 Å². The third-order valence-corrected chi connectivity index (χ3v) is 7.00. The van der Waals surface area contributed by atoms with Crippen molar-refractivity contribution in [2.24, 2.45) is 5.92 Å². The summed E-state index contributed by atoms with van der Waals surface area (Å²) >= 11 is 0. The maximum absolute atomic E-state index is 12.9. The summed E-state index contributed by atoms with van der Waals surface area (Å²) in [4.78, 5) is 35.4. The van der Waals surface area contributed by atoms with E-state index in [0.717, 1.165) is 37.8 Å². The number of H-pyrrole nitrogens is 1. The Labute approximate surface area is 200 Å². The van der Waals surface area contributed by atoms with Crippen LogP contribution in [0, 0.1) is 5.92 Å². The fraction of sp³-hybridized carbons (Fsp3) is 0.577. The van der Waals surface area contributed by atoms with Gasteiger partial charge in [0, 0.05) is 24.9 Å². The molecule has 3 heterocycles. The molecule has 2 aromatic heterocycles. The van der Waals surface area contributed by atoms with Crippen molar-refractivity contribution in [1.82, 2.24) is 29.9 Å². The number of carbonyl (C=O) groups is 1. The van der Waals surface area contributed by atoms with Gasteiger partial charge in [-0.25, -0.2) is 9.67 Å². The number of hydrogen-bond acceptors (Lipinski definition) is 5. The summed E-state index contributed by atoms with van der Waals surface area (Å²) in [7, 11) is 0. The number of nitrogens with one attached hydrogen (secondary N) is 1. The lowest BCUT2D eigenvalue weighted by Gasteiger charge is -2.34. The summed E-state index contributed by atoms with van der Waals surface area (Å²) in [6.45, 7) is 12.5. The van der Waals surface area contributed by atoms with Crippen LogP contribution in [-0.2, 0) is 16.8 Å². The minimum atomic E-state index is -0.280. The molecule has 1 atom stereocenters. The number of fused-ring (bicyclic) bond motifs is 1. The van der Waals surface area contributed by atoms with E-state index < -0.39 is 0 Å². The van der Waals surface area contributed by atoms with E-state index in [-0.39, 0.29) is 34.2 Å². The van der Waals surface area contributed by atoms with Crippen molar-refractivity contribution >= 4 is 17.1 Å². The zero-order valence-corrected chi connectivity index (χ0v) is 21.0. The van der Waals surface area contributed by atoms with Crippen LogP contribution in [0.2, 0.25) is 0 Å². The molecule has 34 heavy (non-hydrogen) atoms. The molecule has 1 aliphatic heterocycles. The Morgan fingerprint density at radius 3 is 2.53 bits per heavy atom. The summed E-state index contributed by atoms with van der Waals surface area (Å²) in [5, 5.41) is 8.31. The summed E-state index contributed by atoms with van der Waals surface area (Å²) < 4.78 is 1.69. The average Bonchev–Trinajstić information content (AvgIpc) is 3.23. The van der Waals surface area contributed by atoms with Gasteiger partial charge in [-0.05, 0) is 42.2 Å². The van der Waals surface area contributed by atoms with Gasteiger partial charge in [-0.2, -0.15) is 0 Å². The van der Waals surface area contributed by atoms with Crippen LogP contribution in [-0.4, -0.2) is 48.9 Å². The van der Waals surface area contributed by atoms with E-state index >= 15 is 0 Å². The van der Waals surface area contributed by atoms with Crippen LogP contribution < -0.4 is 5.56 Å². The van der Waals surface area contributed by atoms with Crippen LogP contribution in [0.25, 0.3) is 11.2 Å². The molecular weight excluding hydrogens is 428 g/mol. The number of carbonyl (C=O) groups excluding carboxylic acids is 1. The highest BCUT2D eigenvalue weighted by molar-refractivity contribution is 5.79. The smallest absolute Gasteiger partial charge is 0.281 e. The Morgan fingerprint density at radius 1 is 1.18 bits per heavy atom. The maximum atomic E-state index is 12.9. The van der Waals surface area contributed by atoms with Crippen molar-refractivity contribution in [3.63, 3.8) is 0 Å². The van der Waals surface area contributed by atoms with Crippen LogP contribution in [0.3, 0.4) is 0 Å². The number of aromatic nitrogens is 5. The number of likely N-dealkylation sites (tertiary alicyclic amines) is 1. The Balaban J connectivity index is 1.59. The largest absolute Gasteiger partial charge is 0.342 e. The first-order valence-corrected chi connectivity index (χ1v) is 12.4. The molecule has 3 aromatic rings. The zero-order valence-electron chi connectivity index (χ0n) is 21.0. The minimum absolute atomic E-state index is 0.00131. The average molecular weight is 465 g/mol. The highest BCUT2D eigenvalue weighted by Crippen LogP contribution is 2.27. The summed E-state index contributed by atoms with van der Waals surface area (Å²) in [6.07, 6.45) is 3.48. The lowest BCUT2D eigenvalue weighted by molar-refractivity contribution is -0.137. The Morgan fingerprint density at radius 2 is 1.88 bits per heavy atom. The molecule has 182 valence electrons. The van der Waals surface area contributed by atoms with Crippen LogP contribution in [0.15, 0.2) is 29.1 Å². The van der Waals surface area contributed by atoms with E-state index in [9.17, 15) is 9.59 Å². The van der Waals surface area contributed by atoms with E-state index in [1.165, 1.54) is 5.56 Å². The number of nitrogens with zero attached hydrogens (tertiary/aromatic N) is 5. The molecule has 1 N–H and O–H groups in total. The molecule has 0 unspecified atom stereocenters. The fourth-order valence-electron chi connectivity index (χ4n) is 4.76. The van der Waals surface area contributed by atoms with Gasteiger partial charge in [0.1, 0.15) is 5.82 Å². The van der Waals surface area contributed by atoms with Crippen LogP contribution >= 0.6 is 0 Å². The maximum Gasteiger partial charge on any atom is 0.281 e. The van der Waals surface area contributed by atoms with Gasteiger partial charge in [-0.3, -0.25) is 9.59 Å². The highest BCUT2D eigenvalue weighted by Gasteiger charge is 2.30. The van der Waals surface area contributed by atoms with E-state index in [4.69, 9.17) is 4.98 Å². The van der Waals surface area contributed by atoms with Gasteiger partial charge in [-0.1, -0.05) is 64.1 Å². The first kappa shape index (κ1) is 24.1. The number of amides is 1. The second-order valence-electron chi connectivity index (χ2n) is 10.5. The van der Waals surface area contributed by atoms with Crippen molar-refractivity contribution < 1.29 is 4.79 Å². The van der Waals surface area contributed by atoms with Gasteiger partial charge >= 0.3 is 0 Å². The molecule has 1 saturated heterocycles. The normalized spacial score (nSPS) is 17.0. The first-order valence-electron chi connectivity index (χ1n) is 12.4. The van der Waals surface area contributed by atoms with Crippen LogP contribution in [0.4, 0.5) is 0 Å². The molecule has 0 bridgehead atoms. The summed E-state index contributed by atoms with van der Waals surface area (Å²) in [6, 6.07) is 8.44. The van der Waals surface area contributed by atoms with Crippen molar-refractivity contribution in [3.05, 3.63) is 51.6 Å². The zero-order chi connectivity index (χ0) is 24.5. The molecular formula is C26H36N6O2. The van der Waals surface area contributed by atoms with Crippen molar-refractivity contribution in [2.45, 2.75) is 78.2 Å².